The number of aryl methyl sites for hydroxylation is 1. The topological polar surface area (TPSA) is 72.6 Å². The molecule has 0 bridgehead atoms. The fourth-order valence-corrected chi connectivity index (χ4v) is 4.83. The average molecular weight is 310 g/mol. The van der Waals surface area contributed by atoms with E-state index in [1.807, 2.05) is 6.92 Å². The van der Waals surface area contributed by atoms with Crippen LogP contribution >= 0.6 is 0 Å². The number of nitrogens with zero attached hydrogens (tertiary/aromatic N) is 1. The van der Waals surface area contributed by atoms with E-state index in [1.165, 1.54) is 0 Å². The van der Waals surface area contributed by atoms with Crippen LogP contribution in [0, 0.1) is 12.8 Å². The molecule has 116 valence electrons. The zero-order chi connectivity index (χ0) is 15.0. The Morgan fingerprint density at radius 3 is 2.71 bits per heavy atom. The molecule has 2 fully saturated rings. The SMILES string of the molecule is Cc1ccc(N)cc1S(=O)(=O)N(CC1CCOC1)C1CC1. The Labute approximate surface area is 126 Å². The van der Waals surface area contributed by atoms with Gasteiger partial charge >= 0.3 is 0 Å². The van der Waals surface area contributed by atoms with Crippen molar-refractivity contribution in [2.45, 2.75) is 37.1 Å². The average Bonchev–Trinajstić information content (AvgIpc) is 3.14. The van der Waals surface area contributed by atoms with Crippen molar-refractivity contribution in [1.29, 1.82) is 0 Å². The lowest BCUT2D eigenvalue weighted by atomic mass is 10.1. The van der Waals surface area contributed by atoms with E-state index in [9.17, 15) is 8.42 Å². The van der Waals surface area contributed by atoms with Crippen LogP contribution in [0.25, 0.3) is 0 Å². The molecule has 1 saturated heterocycles. The predicted molar refractivity (Wildman–Crippen MR) is 81.4 cm³/mol. The van der Waals surface area contributed by atoms with Crippen molar-refractivity contribution < 1.29 is 13.2 Å². The first-order valence-corrected chi connectivity index (χ1v) is 8.88. The molecule has 0 aromatic heterocycles. The Kier molecular flexibility index (Phi) is 3.94. The second kappa shape index (κ2) is 5.59. The van der Waals surface area contributed by atoms with Crippen LogP contribution in [0.5, 0.6) is 0 Å². The molecule has 1 aromatic rings. The van der Waals surface area contributed by atoms with Crippen molar-refractivity contribution in [2.24, 2.45) is 5.92 Å². The molecular formula is C15H22N2O3S. The van der Waals surface area contributed by atoms with Gasteiger partial charge in [0, 0.05) is 24.9 Å². The first-order valence-electron chi connectivity index (χ1n) is 7.44. The van der Waals surface area contributed by atoms with Gasteiger partial charge in [-0.1, -0.05) is 6.07 Å². The number of nitrogens with two attached hydrogens (primary N) is 1. The van der Waals surface area contributed by atoms with Gasteiger partial charge in [-0.25, -0.2) is 8.42 Å². The molecule has 5 nitrogen and oxygen atoms in total. The molecule has 1 aliphatic carbocycles. The van der Waals surface area contributed by atoms with Crippen LogP contribution in [-0.4, -0.2) is 38.5 Å². The predicted octanol–water partition coefficient (Wildman–Crippen LogP) is 1.77. The highest BCUT2D eigenvalue weighted by Crippen LogP contribution is 2.35. The van der Waals surface area contributed by atoms with Gasteiger partial charge in [0.2, 0.25) is 10.0 Å². The van der Waals surface area contributed by atoms with Gasteiger partial charge < -0.3 is 10.5 Å². The number of nitrogen functional groups attached to an aromatic ring is 1. The van der Waals surface area contributed by atoms with Gasteiger partial charge in [-0.05, 0) is 49.8 Å². The molecular weight excluding hydrogens is 288 g/mol. The third-order valence-electron chi connectivity index (χ3n) is 4.22. The molecule has 1 heterocycles. The van der Waals surface area contributed by atoms with Crippen LogP contribution in [0.15, 0.2) is 23.1 Å². The summed E-state index contributed by atoms with van der Waals surface area (Å²) in [6.07, 6.45) is 2.84. The van der Waals surface area contributed by atoms with Crippen LogP contribution in [-0.2, 0) is 14.8 Å². The second-order valence-corrected chi connectivity index (χ2v) is 7.92. The number of benzene rings is 1. The second-order valence-electron chi connectivity index (χ2n) is 6.06. The molecule has 0 spiro atoms. The molecule has 1 saturated carbocycles. The maximum Gasteiger partial charge on any atom is 0.243 e. The van der Waals surface area contributed by atoms with Gasteiger partial charge in [0.25, 0.3) is 0 Å². The summed E-state index contributed by atoms with van der Waals surface area (Å²) in [5.41, 5.74) is 7.01. The molecule has 1 unspecified atom stereocenters. The maximum absolute atomic E-state index is 13.0. The summed E-state index contributed by atoms with van der Waals surface area (Å²) >= 11 is 0. The van der Waals surface area contributed by atoms with E-state index in [1.54, 1.807) is 22.5 Å². The molecule has 6 heteroatoms. The van der Waals surface area contributed by atoms with Gasteiger partial charge in [-0.15, -0.1) is 0 Å². The van der Waals surface area contributed by atoms with Crippen molar-refractivity contribution in [3.8, 4) is 0 Å². The Bertz CT molecular complexity index is 620. The summed E-state index contributed by atoms with van der Waals surface area (Å²) in [7, 11) is -3.48. The summed E-state index contributed by atoms with van der Waals surface area (Å²) in [5, 5.41) is 0. The summed E-state index contributed by atoms with van der Waals surface area (Å²) < 4.78 is 33.1. The van der Waals surface area contributed by atoms with Crippen LogP contribution in [0.1, 0.15) is 24.8 Å². The van der Waals surface area contributed by atoms with Gasteiger partial charge in [-0.2, -0.15) is 4.31 Å². The highest BCUT2D eigenvalue weighted by atomic mass is 32.2. The van der Waals surface area contributed by atoms with Crippen molar-refractivity contribution in [3.63, 3.8) is 0 Å². The minimum atomic E-state index is -3.48. The fraction of sp³-hybridized carbons (Fsp3) is 0.600. The van der Waals surface area contributed by atoms with Crippen molar-refractivity contribution in [1.82, 2.24) is 4.31 Å². The number of hydrogen-bond donors (Lipinski definition) is 1. The number of anilines is 1. The maximum atomic E-state index is 13.0. The molecule has 2 aliphatic rings. The number of sulfonamides is 1. The van der Waals surface area contributed by atoms with Crippen LogP contribution < -0.4 is 5.73 Å². The molecule has 0 radical (unpaired) electrons. The lowest BCUT2D eigenvalue weighted by Gasteiger charge is -2.25. The van der Waals surface area contributed by atoms with E-state index in [0.29, 0.717) is 29.7 Å². The third kappa shape index (κ3) is 3.07. The molecule has 1 atom stereocenters. The largest absolute Gasteiger partial charge is 0.399 e. The molecule has 2 N–H and O–H groups in total. The molecule has 3 rings (SSSR count). The molecule has 0 amide bonds. The summed E-state index contributed by atoms with van der Waals surface area (Å²) in [5.74, 6) is 0.307. The van der Waals surface area contributed by atoms with E-state index in [4.69, 9.17) is 10.5 Å². The minimum absolute atomic E-state index is 0.149. The third-order valence-corrected chi connectivity index (χ3v) is 6.28. The Morgan fingerprint density at radius 2 is 2.10 bits per heavy atom. The Balaban J connectivity index is 1.91. The summed E-state index contributed by atoms with van der Waals surface area (Å²) in [4.78, 5) is 0.341. The van der Waals surface area contributed by atoms with E-state index < -0.39 is 10.0 Å². The standard InChI is InChI=1S/C15H22N2O3S/c1-11-2-3-13(16)8-15(11)21(18,19)17(14-4-5-14)9-12-6-7-20-10-12/h2-3,8,12,14H,4-7,9-10,16H2,1H3. The molecule has 21 heavy (non-hydrogen) atoms. The van der Waals surface area contributed by atoms with Gasteiger partial charge in [0.1, 0.15) is 0 Å². The Hall–Kier alpha value is -1.11. The Morgan fingerprint density at radius 1 is 1.33 bits per heavy atom. The van der Waals surface area contributed by atoms with Crippen LogP contribution in [0.3, 0.4) is 0 Å². The highest BCUT2D eigenvalue weighted by molar-refractivity contribution is 7.89. The minimum Gasteiger partial charge on any atom is -0.399 e. The zero-order valence-electron chi connectivity index (χ0n) is 12.3. The van der Waals surface area contributed by atoms with E-state index in [2.05, 4.69) is 0 Å². The first-order chi connectivity index (χ1) is 9.98. The first kappa shape index (κ1) is 14.8. The van der Waals surface area contributed by atoms with Crippen LogP contribution in [0.4, 0.5) is 5.69 Å². The smallest absolute Gasteiger partial charge is 0.243 e. The van der Waals surface area contributed by atoms with Crippen molar-refractivity contribution >= 4 is 15.7 Å². The van der Waals surface area contributed by atoms with E-state index in [0.717, 1.165) is 31.4 Å². The van der Waals surface area contributed by atoms with Crippen LogP contribution in [0.2, 0.25) is 0 Å². The van der Waals surface area contributed by atoms with Crippen molar-refractivity contribution in [3.05, 3.63) is 23.8 Å². The normalized spacial score (nSPS) is 22.9. The lowest BCUT2D eigenvalue weighted by Crippen LogP contribution is -2.37. The van der Waals surface area contributed by atoms with Gasteiger partial charge in [0.05, 0.1) is 11.5 Å². The number of ether oxygens (including phenoxy) is 1. The molecule has 1 aliphatic heterocycles. The number of rotatable bonds is 5. The fourth-order valence-electron chi connectivity index (χ4n) is 2.81. The summed E-state index contributed by atoms with van der Waals surface area (Å²) in [6, 6.07) is 5.23. The highest BCUT2D eigenvalue weighted by Gasteiger charge is 2.40. The van der Waals surface area contributed by atoms with Crippen molar-refractivity contribution in [2.75, 3.05) is 25.5 Å². The van der Waals surface area contributed by atoms with E-state index >= 15 is 0 Å². The monoisotopic (exact) mass is 310 g/mol. The van der Waals surface area contributed by atoms with Gasteiger partial charge in [-0.3, -0.25) is 0 Å². The quantitative estimate of drug-likeness (QED) is 0.841. The molecule has 1 aromatic carbocycles. The number of hydrogen-bond acceptors (Lipinski definition) is 4. The summed E-state index contributed by atoms with van der Waals surface area (Å²) in [6.45, 7) is 3.77. The lowest BCUT2D eigenvalue weighted by molar-refractivity contribution is 0.180. The van der Waals surface area contributed by atoms with E-state index in [-0.39, 0.29) is 6.04 Å². The zero-order valence-corrected chi connectivity index (χ0v) is 13.1. The van der Waals surface area contributed by atoms with Gasteiger partial charge in [0.15, 0.2) is 0 Å².